The van der Waals surface area contributed by atoms with Crippen LogP contribution in [0.3, 0.4) is 0 Å². The summed E-state index contributed by atoms with van der Waals surface area (Å²) in [4.78, 5) is 25.1. The first-order chi connectivity index (χ1) is 9.90. The SMILES string of the molecule is CC(N)CCCC(C)C(=O)N1CCCC(CNC(N)=O)C1. The lowest BCUT2D eigenvalue weighted by Gasteiger charge is -2.34. The number of hydrogen-bond donors (Lipinski definition) is 3. The number of primary amides is 1. The monoisotopic (exact) mass is 298 g/mol. The van der Waals surface area contributed by atoms with Gasteiger partial charge in [-0.2, -0.15) is 0 Å². The molecule has 0 spiro atoms. The summed E-state index contributed by atoms with van der Waals surface area (Å²) in [7, 11) is 0. The number of urea groups is 1. The third kappa shape index (κ3) is 6.80. The Morgan fingerprint density at radius 2 is 2.05 bits per heavy atom. The van der Waals surface area contributed by atoms with Crippen LogP contribution in [0.4, 0.5) is 4.79 Å². The number of rotatable bonds is 7. The van der Waals surface area contributed by atoms with Crippen molar-refractivity contribution < 1.29 is 9.59 Å². The van der Waals surface area contributed by atoms with Gasteiger partial charge in [-0.05, 0) is 38.5 Å². The largest absolute Gasteiger partial charge is 0.352 e. The first kappa shape index (κ1) is 17.8. The summed E-state index contributed by atoms with van der Waals surface area (Å²) in [5.41, 5.74) is 10.8. The molecule has 3 unspecified atom stereocenters. The van der Waals surface area contributed by atoms with Gasteiger partial charge in [0, 0.05) is 31.6 Å². The van der Waals surface area contributed by atoms with Crippen LogP contribution >= 0.6 is 0 Å². The zero-order valence-electron chi connectivity index (χ0n) is 13.3. The van der Waals surface area contributed by atoms with Crippen molar-refractivity contribution in [2.45, 2.75) is 52.0 Å². The van der Waals surface area contributed by atoms with Gasteiger partial charge in [0.2, 0.25) is 5.91 Å². The van der Waals surface area contributed by atoms with Gasteiger partial charge >= 0.3 is 6.03 Å². The van der Waals surface area contributed by atoms with Crippen molar-refractivity contribution in [2.75, 3.05) is 19.6 Å². The van der Waals surface area contributed by atoms with E-state index in [0.29, 0.717) is 12.5 Å². The maximum atomic E-state index is 12.4. The summed E-state index contributed by atoms with van der Waals surface area (Å²) >= 11 is 0. The van der Waals surface area contributed by atoms with Crippen molar-refractivity contribution in [3.63, 3.8) is 0 Å². The molecule has 122 valence electrons. The second kappa shape index (κ2) is 8.87. The molecule has 3 amide bonds. The molecule has 6 heteroatoms. The fraction of sp³-hybridized carbons (Fsp3) is 0.867. The minimum absolute atomic E-state index is 0.0478. The van der Waals surface area contributed by atoms with E-state index in [9.17, 15) is 9.59 Å². The average molecular weight is 298 g/mol. The maximum absolute atomic E-state index is 12.4. The van der Waals surface area contributed by atoms with Gasteiger partial charge in [0.1, 0.15) is 0 Å². The third-order valence-electron chi connectivity index (χ3n) is 4.11. The summed E-state index contributed by atoms with van der Waals surface area (Å²) < 4.78 is 0. The van der Waals surface area contributed by atoms with E-state index < -0.39 is 6.03 Å². The Morgan fingerprint density at radius 3 is 2.67 bits per heavy atom. The van der Waals surface area contributed by atoms with Gasteiger partial charge in [0.25, 0.3) is 0 Å². The van der Waals surface area contributed by atoms with E-state index in [-0.39, 0.29) is 17.9 Å². The molecule has 0 bridgehead atoms. The van der Waals surface area contributed by atoms with Gasteiger partial charge in [-0.3, -0.25) is 4.79 Å². The summed E-state index contributed by atoms with van der Waals surface area (Å²) in [6.07, 6.45) is 4.86. The van der Waals surface area contributed by atoms with Crippen molar-refractivity contribution in [1.29, 1.82) is 0 Å². The van der Waals surface area contributed by atoms with Crippen LogP contribution in [0.15, 0.2) is 0 Å². The Bertz CT molecular complexity index is 347. The molecule has 0 aromatic carbocycles. The Morgan fingerprint density at radius 1 is 1.33 bits per heavy atom. The molecule has 1 fully saturated rings. The summed E-state index contributed by atoms with van der Waals surface area (Å²) in [5, 5.41) is 2.64. The predicted molar refractivity (Wildman–Crippen MR) is 83.6 cm³/mol. The lowest BCUT2D eigenvalue weighted by Crippen LogP contribution is -2.46. The lowest BCUT2D eigenvalue weighted by molar-refractivity contribution is -0.137. The van der Waals surface area contributed by atoms with Crippen LogP contribution in [0.2, 0.25) is 0 Å². The predicted octanol–water partition coefficient (Wildman–Crippen LogP) is 1.05. The molecule has 1 aliphatic heterocycles. The Balaban J connectivity index is 2.36. The van der Waals surface area contributed by atoms with Crippen LogP contribution in [-0.4, -0.2) is 42.5 Å². The zero-order valence-corrected chi connectivity index (χ0v) is 13.3. The highest BCUT2D eigenvalue weighted by Gasteiger charge is 2.26. The van der Waals surface area contributed by atoms with Gasteiger partial charge in [-0.25, -0.2) is 4.79 Å². The highest BCUT2D eigenvalue weighted by Crippen LogP contribution is 2.20. The van der Waals surface area contributed by atoms with E-state index in [0.717, 1.165) is 45.2 Å². The number of carbonyl (C=O) groups excluding carboxylic acids is 2. The molecule has 3 atom stereocenters. The minimum atomic E-state index is -0.497. The number of piperidine rings is 1. The van der Waals surface area contributed by atoms with Gasteiger partial charge in [-0.1, -0.05) is 13.3 Å². The summed E-state index contributed by atoms with van der Waals surface area (Å²) in [6.45, 7) is 6.08. The molecular weight excluding hydrogens is 268 g/mol. The summed E-state index contributed by atoms with van der Waals surface area (Å²) in [5.74, 6) is 0.585. The molecule has 0 radical (unpaired) electrons. The van der Waals surface area contributed by atoms with E-state index >= 15 is 0 Å². The maximum Gasteiger partial charge on any atom is 0.312 e. The highest BCUT2D eigenvalue weighted by molar-refractivity contribution is 5.78. The Kier molecular flexibility index (Phi) is 7.50. The van der Waals surface area contributed by atoms with Crippen LogP contribution in [0, 0.1) is 11.8 Å². The third-order valence-corrected chi connectivity index (χ3v) is 4.11. The average Bonchev–Trinajstić information content (AvgIpc) is 2.44. The fourth-order valence-electron chi connectivity index (χ4n) is 2.86. The number of carbonyl (C=O) groups is 2. The molecule has 0 aromatic heterocycles. The van der Waals surface area contributed by atoms with E-state index in [2.05, 4.69) is 5.32 Å². The number of nitrogens with two attached hydrogens (primary N) is 2. The standard InChI is InChI=1S/C15H30N4O2/c1-11(5-3-6-12(2)16)14(20)19-8-4-7-13(10-19)9-18-15(17)21/h11-13H,3-10,16H2,1-2H3,(H3,17,18,21). The molecular formula is C15H30N4O2. The smallest absolute Gasteiger partial charge is 0.312 e. The number of nitrogens with zero attached hydrogens (tertiary/aromatic N) is 1. The Hall–Kier alpha value is -1.30. The molecule has 21 heavy (non-hydrogen) atoms. The van der Waals surface area contributed by atoms with Gasteiger partial charge in [0.15, 0.2) is 0 Å². The van der Waals surface area contributed by atoms with Crippen molar-refractivity contribution in [3.8, 4) is 0 Å². The van der Waals surface area contributed by atoms with Crippen LogP contribution < -0.4 is 16.8 Å². The highest BCUT2D eigenvalue weighted by atomic mass is 16.2. The van der Waals surface area contributed by atoms with E-state index in [1.54, 1.807) is 0 Å². The molecule has 5 N–H and O–H groups in total. The molecule has 1 saturated heterocycles. The zero-order chi connectivity index (χ0) is 15.8. The first-order valence-electron chi connectivity index (χ1n) is 7.97. The first-order valence-corrected chi connectivity index (χ1v) is 7.97. The number of amides is 3. The number of likely N-dealkylation sites (tertiary alicyclic amines) is 1. The van der Waals surface area contributed by atoms with Gasteiger partial charge in [0.05, 0.1) is 0 Å². The van der Waals surface area contributed by atoms with Crippen LogP contribution in [0.25, 0.3) is 0 Å². The molecule has 0 aromatic rings. The van der Waals surface area contributed by atoms with E-state index in [1.807, 2.05) is 18.7 Å². The fourth-order valence-corrected chi connectivity index (χ4v) is 2.86. The molecule has 1 aliphatic rings. The van der Waals surface area contributed by atoms with Crippen molar-refractivity contribution >= 4 is 11.9 Å². The minimum Gasteiger partial charge on any atom is -0.352 e. The van der Waals surface area contributed by atoms with E-state index in [4.69, 9.17) is 11.5 Å². The normalized spacial score (nSPS) is 21.7. The lowest BCUT2D eigenvalue weighted by atomic mass is 9.95. The summed E-state index contributed by atoms with van der Waals surface area (Å²) in [6, 6.07) is -0.297. The van der Waals surface area contributed by atoms with Crippen LogP contribution in [-0.2, 0) is 4.79 Å². The molecule has 6 nitrogen and oxygen atoms in total. The molecule has 1 heterocycles. The topological polar surface area (TPSA) is 101 Å². The van der Waals surface area contributed by atoms with Crippen LogP contribution in [0.1, 0.15) is 46.0 Å². The van der Waals surface area contributed by atoms with Gasteiger partial charge < -0.3 is 21.7 Å². The molecule has 1 rings (SSSR count). The van der Waals surface area contributed by atoms with Crippen molar-refractivity contribution in [2.24, 2.45) is 23.3 Å². The second-order valence-electron chi connectivity index (χ2n) is 6.35. The van der Waals surface area contributed by atoms with Crippen molar-refractivity contribution in [1.82, 2.24) is 10.2 Å². The van der Waals surface area contributed by atoms with E-state index in [1.165, 1.54) is 0 Å². The van der Waals surface area contributed by atoms with Gasteiger partial charge in [-0.15, -0.1) is 0 Å². The van der Waals surface area contributed by atoms with Crippen molar-refractivity contribution in [3.05, 3.63) is 0 Å². The van der Waals surface area contributed by atoms with Crippen LogP contribution in [0.5, 0.6) is 0 Å². The molecule has 0 aliphatic carbocycles. The quantitative estimate of drug-likeness (QED) is 0.654. The Labute approximate surface area is 127 Å². The molecule has 0 saturated carbocycles. The second-order valence-corrected chi connectivity index (χ2v) is 6.35. The number of hydrogen-bond acceptors (Lipinski definition) is 3. The number of nitrogens with one attached hydrogen (secondary N) is 1.